The van der Waals surface area contributed by atoms with Crippen LogP contribution in [0.3, 0.4) is 0 Å². The zero-order valence-electron chi connectivity index (χ0n) is 21.0. The van der Waals surface area contributed by atoms with E-state index in [1.54, 1.807) is 5.56 Å². The van der Waals surface area contributed by atoms with E-state index in [0.29, 0.717) is 11.3 Å². The van der Waals surface area contributed by atoms with Crippen LogP contribution in [0.2, 0.25) is 0 Å². The van der Waals surface area contributed by atoms with Crippen molar-refractivity contribution >= 4 is 11.4 Å². The average Bonchev–Trinajstić information content (AvgIpc) is 2.83. The fourth-order valence-electron chi connectivity index (χ4n) is 5.69. The van der Waals surface area contributed by atoms with Gasteiger partial charge in [0.15, 0.2) is 0 Å². The summed E-state index contributed by atoms with van der Waals surface area (Å²) in [5.41, 5.74) is 4.74. The molecular weight excluding hydrogens is 398 g/mol. The van der Waals surface area contributed by atoms with Gasteiger partial charge in [-0.3, -0.25) is 4.90 Å². The molecule has 32 heavy (non-hydrogen) atoms. The molecule has 0 amide bonds. The monoisotopic (exact) mass is 443 g/mol. The van der Waals surface area contributed by atoms with Crippen molar-refractivity contribution < 1.29 is 9.47 Å². The van der Waals surface area contributed by atoms with E-state index in [1.807, 2.05) is 7.11 Å². The average molecular weight is 444 g/mol. The number of hydrogen-bond donors (Lipinski definition) is 0. The molecule has 0 spiro atoms. The Morgan fingerprint density at radius 2 is 1.59 bits per heavy atom. The van der Waals surface area contributed by atoms with Crippen molar-refractivity contribution in [3.8, 4) is 5.75 Å². The first-order valence-corrected chi connectivity index (χ1v) is 13.0. The molecule has 0 radical (unpaired) electrons. The Hall–Kier alpha value is -1.46. The molecule has 2 heterocycles. The van der Waals surface area contributed by atoms with Gasteiger partial charge in [0.05, 0.1) is 26.0 Å². The van der Waals surface area contributed by atoms with Gasteiger partial charge in [0.1, 0.15) is 5.75 Å². The standard InChI is InChI=1S/C27H45N3O2/c1-5-6-11-28-12-14-29(15-13-28)24-21-26(31-4)25(30-16-18-32-19-17-30)20-23(24)22-7-9-27(2,3)10-8-22/h20-22H,5-19H2,1-4H3. The van der Waals surface area contributed by atoms with Gasteiger partial charge in [0.2, 0.25) is 0 Å². The Morgan fingerprint density at radius 1 is 0.938 bits per heavy atom. The van der Waals surface area contributed by atoms with E-state index in [2.05, 4.69) is 47.6 Å². The number of morpholine rings is 1. The molecule has 0 atom stereocenters. The Morgan fingerprint density at radius 3 is 2.22 bits per heavy atom. The van der Waals surface area contributed by atoms with Crippen LogP contribution in [-0.2, 0) is 4.74 Å². The van der Waals surface area contributed by atoms with Gasteiger partial charge in [-0.05, 0) is 61.6 Å². The molecule has 2 aliphatic heterocycles. The van der Waals surface area contributed by atoms with Crippen LogP contribution in [0.1, 0.15) is 70.8 Å². The van der Waals surface area contributed by atoms with Gasteiger partial charge >= 0.3 is 0 Å². The summed E-state index contributed by atoms with van der Waals surface area (Å²) in [6.45, 7) is 16.5. The first kappa shape index (κ1) is 23.7. The predicted octanol–water partition coefficient (Wildman–Crippen LogP) is 5.14. The molecule has 3 aliphatic rings. The minimum absolute atomic E-state index is 0.487. The van der Waals surface area contributed by atoms with Crippen molar-refractivity contribution in [2.24, 2.45) is 5.41 Å². The minimum Gasteiger partial charge on any atom is -0.495 e. The van der Waals surface area contributed by atoms with Crippen molar-refractivity contribution in [1.29, 1.82) is 0 Å². The summed E-state index contributed by atoms with van der Waals surface area (Å²) in [6.07, 6.45) is 7.83. The summed E-state index contributed by atoms with van der Waals surface area (Å²) >= 11 is 0. The number of ether oxygens (including phenoxy) is 2. The Bertz CT molecular complexity index is 727. The lowest BCUT2D eigenvalue weighted by atomic mass is 9.71. The van der Waals surface area contributed by atoms with Crippen LogP contribution >= 0.6 is 0 Å². The lowest BCUT2D eigenvalue weighted by Crippen LogP contribution is -2.47. The van der Waals surface area contributed by atoms with Crippen molar-refractivity contribution in [2.45, 2.75) is 65.2 Å². The van der Waals surface area contributed by atoms with Gasteiger partial charge < -0.3 is 19.3 Å². The SMILES string of the molecule is CCCCN1CCN(c2cc(OC)c(N3CCOCC3)cc2C2CCC(C)(C)CC2)CC1. The van der Waals surface area contributed by atoms with Crippen molar-refractivity contribution in [1.82, 2.24) is 4.90 Å². The van der Waals surface area contributed by atoms with Crippen LogP contribution in [0, 0.1) is 5.41 Å². The lowest BCUT2D eigenvalue weighted by Gasteiger charge is -2.41. The summed E-state index contributed by atoms with van der Waals surface area (Å²) in [5, 5.41) is 0. The number of hydrogen-bond acceptors (Lipinski definition) is 5. The quantitative estimate of drug-likeness (QED) is 0.582. The van der Waals surface area contributed by atoms with E-state index in [4.69, 9.17) is 9.47 Å². The second kappa shape index (κ2) is 10.6. The molecular formula is C27H45N3O2. The van der Waals surface area contributed by atoms with Crippen LogP contribution in [0.4, 0.5) is 11.4 Å². The molecule has 180 valence electrons. The predicted molar refractivity (Wildman–Crippen MR) is 135 cm³/mol. The molecule has 1 saturated carbocycles. The number of nitrogens with zero attached hydrogens (tertiary/aromatic N) is 3. The van der Waals surface area contributed by atoms with Crippen LogP contribution in [-0.4, -0.2) is 71.0 Å². The van der Waals surface area contributed by atoms with Crippen LogP contribution < -0.4 is 14.5 Å². The molecule has 0 N–H and O–H groups in total. The summed E-state index contributed by atoms with van der Waals surface area (Å²) < 4.78 is 11.6. The molecule has 1 aromatic carbocycles. The van der Waals surface area contributed by atoms with Crippen molar-refractivity contribution in [3.05, 3.63) is 17.7 Å². The number of unbranched alkanes of at least 4 members (excludes halogenated alkanes) is 1. The third kappa shape index (κ3) is 5.53. The molecule has 4 rings (SSSR count). The molecule has 0 bridgehead atoms. The molecule has 0 aromatic heterocycles. The molecule has 5 heteroatoms. The Kier molecular flexibility index (Phi) is 7.88. The van der Waals surface area contributed by atoms with E-state index in [1.165, 1.54) is 69.5 Å². The lowest BCUT2D eigenvalue weighted by molar-refractivity contribution is 0.122. The molecule has 1 aromatic rings. The number of rotatable bonds is 7. The van der Waals surface area contributed by atoms with Crippen LogP contribution in [0.5, 0.6) is 5.75 Å². The number of anilines is 2. The highest BCUT2D eigenvalue weighted by molar-refractivity contribution is 5.71. The van der Waals surface area contributed by atoms with Crippen molar-refractivity contribution in [3.63, 3.8) is 0 Å². The largest absolute Gasteiger partial charge is 0.495 e. The van der Waals surface area contributed by atoms with E-state index in [-0.39, 0.29) is 0 Å². The highest BCUT2D eigenvalue weighted by atomic mass is 16.5. The highest BCUT2D eigenvalue weighted by Crippen LogP contribution is 2.47. The normalized spacial score (nSPS) is 22.9. The van der Waals surface area contributed by atoms with Gasteiger partial charge in [-0.1, -0.05) is 27.2 Å². The smallest absolute Gasteiger partial charge is 0.144 e. The molecule has 2 saturated heterocycles. The fraction of sp³-hybridized carbons (Fsp3) is 0.778. The first-order chi connectivity index (χ1) is 15.5. The van der Waals surface area contributed by atoms with E-state index in [9.17, 15) is 0 Å². The maximum Gasteiger partial charge on any atom is 0.144 e. The number of piperazine rings is 1. The second-order valence-corrected chi connectivity index (χ2v) is 10.8. The maximum atomic E-state index is 5.96. The van der Waals surface area contributed by atoms with Gasteiger partial charge in [0.25, 0.3) is 0 Å². The molecule has 1 aliphatic carbocycles. The molecule has 0 unspecified atom stereocenters. The highest BCUT2D eigenvalue weighted by Gasteiger charge is 2.32. The summed E-state index contributed by atoms with van der Waals surface area (Å²) in [7, 11) is 1.83. The summed E-state index contributed by atoms with van der Waals surface area (Å²) in [4.78, 5) is 7.75. The van der Waals surface area contributed by atoms with Crippen molar-refractivity contribution in [2.75, 3.05) is 75.9 Å². The summed E-state index contributed by atoms with van der Waals surface area (Å²) in [6, 6.07) is 4.85. The number of benzene rings is 1. The van der Waals surface area contributed by atoms with Crippen LogP contribution in [0.25, 0.3) is 0 Å². The second-order valence-electron chi connectivity index (χ2n) is 10.8. The molecule has 5 nitrogen and oxygen atoms in total. The van der Waals surface area contributed by atoms with E-state index >= 15 is 0 Å². The zero-order valence-corrected chi connectivity index (χ0v) is 21.0. The molecule has 3 fully saturated rings. The van der Waals surface area contributed by atoms with Crippen LogP contribution in [0.15, 0.2) is 12.1 Å². The number of methoxy groups -OCH3 is 1. The Balaban J connectivity index is 1.62. The minimum atomic E-state index is 0.487. The van der Waals surface area contributed by atoms with Gasteiger partial charge in [-0.15, -0.1) is 0 Å². The van der Waals surface area contributed by atoms with Gasteiger partial charge in [-0.2, -0.15) is 0 Å². The first-order valence-electron chi connectivity index (χ1n) is 13.0. The third-order valence-corrected chi connectivity index (χ3v) is 8.00. The topological polar surface area (TPSA) is 28.2 Å². The summed E-state index contributed by atoms with van der Waals surface area (Å²) in [5.74, 6) is 1.68. The van der Waals surface area contributed by atoms with Gasteiger partial charge in [0, 0.05) is 51.0 Å². The Labute approximate surface area is 196 Å². The zero-order chi connectivity index (χ0) is 22.6. The maximum absolute atomic E-state index is 5.96. The van der Waals surface area contributed by atoms with E-state index in [0.717, 1.165) is 45.1 Å². The van der Waals surface area contributed by atoms with E-state index < -0.39 is 0 Å². The third-order valence-electron chi connectivity index (χ3n) is 8.00. The fourth-order valence-corrected chi connectivity index (χ4v) is 5.69. The van der Waals surface area contributed by atoms with Gasteiger partial charge in [-0.25, -0.2) is 0 Å².